The van der Waals surface area contributed by atoms with E-state index in [4.69, 9.17) is 0 Å². The Bertz CT molecular complexity index is 846. The van der Waals surface area contributed by atoms with Crippen molar-refractivity contribution in [3.8, 4) is 11.1 Å². The molecule has 3 aromatic rings. The smallest absolute Gasteiger partial charge is 0.253 e. The number of fused-ring (bicyclic) bond motifs is 1. The lowest BCUT2D eigenvalue weighted by Gasteiger charge is -2.26. The van der Waals surface area contributed by atoms with E-state index < -0.39 is 0 Å². The van der Waals surface area contributed by atoms with Crippen molar-refractivity contribution in [2.24, 2.45) is 0 Å². The highest BCUT2D eigenvalue weighted by atomic mass is 16.2. The van der Waals surface area contributed by atoms with Crippen molar-refractivity contribution in [3.63, 3.8) is 0 Å². The molecule has 23 heavy (non-hydrogen) atoms. The molecule has 0 bridgehead atoms. The maximum Gasteiger partial charge on any atom is 0.253 e. The molecule has 1 aromatic heterocycles. The van der Waals surface area contributed by atoms with Gasteiger partial charge in [0.1, 0.15) is 0 Å². The Labute approximate surface area is 135 Å². The van der Waals surface area contributed by atoms with E-state index in [2.05, 4.69) is 22.3 Å². The normalized spacial score (nSPS) is 15.0. The van der Waals surface area contributed by atoms with Gasteiger partial charge in [0.05, 0.1) is 11.7 Å². The second kappa shape index (κ2) is 5.88. The molecule has 1 saturated heterocycles. The number of piperidine rings is 1. The molecule has 0 aliphatic carbocycles. The number of nitrogens with zero attached hydrogens (tertiary/aromatic N) is 2. The van der Waals surface area contributed by atoms with E-state index in [0.717, 1.165) is 53.5 Å². The topological polar surface area (TPSA) is 49.0 Å². The largest absolute Gasteiger partial charge is 0.339 e. The van der Waals surface area contributed by atoms with Crippen LogP contribution in [0.5, 0.6) is 0 Å². The highest BCUT2D eigenvalue weighted by Crippen LogP contribution is 2.28. The zero-order valence-electron chi connectivity index (χ0n) is 13.0. The minimum absolute atomic E-state index is 0.144. The Morgan fingerprint density at radius 1 is 1.04 bits per heavy atom. The number of carbonyl (C=O) groups is 1. The summed E-state index contributed by atoms with van der Waals surface area (Å²) < 4.78 is 0. The number of amides is 1. The maximum atomic E-state index is 12.7. The van der Waals surface area contributed by atoms with Gasteiger partial charge in [-0.2, -0.15) is 5.10 Å². The van der Waals surface area contributed by atoms with Gasteiger partial charge in [-0.25, -0.2) is 0 Å². The summed E-state index contributed by atoms with van der Waals surface area (Å²) in [5, 5.41) is 8.19. The third-order valence-corrected chi connectivity index (χ3v) is 4.55. The monoisotopic (exact) mass is 305 g/mol. The quantitative estimate of drug-likeness (QED) is 0.781. The predicted molar refractivity (Wildman–Crippen MR) is 91.3 cm³/mol. The van der Waals surface area contributed by atoms with Crippen LogP contribution in [0.25, 0.3) is 22.0 Å². The Morgan fingerprint density at radius 2 is 1.87 bits per heavy atom. The van der Waals surface area contributed by atoms with Crippen LogP contribution in [0.4, 0.5) is 0 Å². The van der Waals surface area contributed by atoms with Crippen LogP contribution in [0.2, 0.25) is 0 Å². The fourth-order valence-corrected chi connectivity index (χ4v) is 3.32. The summed E-state index contributed by atoms with van der Waals surface area (Å²) >= 11 is 0. The van der Waals surface area contributed by atoms with Crippen molar-refractivity contribution in [2.75, 3.05) is 13.1 Å². The van der Waals surface area contributed by atoms with E-state index in [1.807, 2.05) is 41.4 Å². The molecule has 1 aliphatic heterocycles. The molecule has 1 aliphatic rings. The molecule has 0 atom stereocenters. The van der Waals surface area contributed by atoms with Gasteiger partial charge >= 0.3 is 0 Å². The van der Waals surface area contributed by atoms with Crippen molar-refractivity contribution in [1.82, 2.24) is 15.1 Å². The fraction of sp³-hybridized carbons (Fsp3) is 0.263. The summed E-state index contributed by atoms with van der Waals surface area (Å²) in [6.07, 6.45) is 5.29. The molecule has 0 saturated carbocycles. The van der Waals surface area contributed by atoms with Crippen LogP contribution < -0.4 is 0 Å². The second-order valence-corrected chi connectivity index (χ2v) is 6.07. The standard InChI is InChI=1S/C19H19N3O/c23-19(22-10-2-1-3-11-22)15-7-4-6-14(12-15)16-8-5-9-18-17(16)13-20-21-18/h4-9,12-13H,1-3,10-11H2,(H,20,21). The van der Waals surface area contributed by atoms with E-state index in [1.165, 1.54) is 6.42 Å². The Hall–Kier alpha value is -2.62. The third-order valence-electron chi connectivity index (χ3n) is 4.55. The molecule has 0 spiro atoms. The van der Waals surface area contributed by atoms with Gasteiger partial charge in [0.2, 0.25) is 0 Å². The highest BCUT2D eigenvalue weighted by Gasteiger charge is 2.18. The van der Waals surface area contributed by atoms with Gasteiger partial charge in [-0.05, 0) is 48.6 Å². The van der Waals surface area contributed by atoms with Crippen LogP contribution in [0.15, 0.2) is 48.7 Å². The molecule has 2 heterocycles. The lowest BCUT2D eigenvalue weighted by molar-refractivity contribution is 0.0724. The highest BCUT2D eigenvalue weighted by molar-refractivity contribution is 5.98. The van der Waals surface area contributed by atoms with E-state index in [-0.39, 0.29) is 5.91 Å². The first kappa shape index (κ1) is 14.0. The van der Waals surface area contributed by atoms with E-state index in [9.17, 15) is 4.79 Å². The number of hydrogen-bond donors (Lipinski definition) is 1. The average Bonchev–Trinajstić information content (AvgIpc) is 3.10. The molecule has 4 nitrogen and oxygen atoms in total. The number of carbonyl (C=O) groups excluding carboxylic acids is 1. The number of benzene rings is 2. The zero-order chi connectivity index (χ0) is 15.6. The lowest BCUT2D eigenvalue weighted by Crippen LogP contribution is -2.35. The van der Waals surface area contributed by atoms with Gasteiger partial charge in [0, 0.05) is 24.0 Å². The number of rotatable bonds is 2. The molecule has 0 radical (unpaired) electrons. The number of aromatic amines is 1. The Kier molecular flexibility index (Phi) is 3.58. The van der Waals surface area contributed by atoms with Gasteiger partial charge in [0.25, 0.3) is 5.91 Å². The van der Waals surface area contributed by atoms with E-state index >= 15 is 0 Å². The predicted octanol–water partition coefficient (Wildman–Crippen LogP) is 3.86. The summed E-state index contributed by atoms with van der Waals surface area (Å²) in [5.41, 5.74) is 3.93. The number of nitrogens with one attached hydrogen (secondary N) is 1. The Morgan fingerprint density at radius 3 is 2.74 bits per heavy atom. The van der Waals surface area contributed by atoms with Crippen LogP contribution in [-0.2, 0) is 0 Å². The molecule has 2 aromatic carbocycles. The van der Waals surface area contributed by atoms with Crippen LogP contribution in [-0.4, -0.2) is 34.1 Å². The van der Waals surface area contributed by atoms with Crippen molar-refractivity contribution in [3.05, 3.63) is 54.2 Å². The van der Waals surface area contributed by atoms with Gasteiger partial charge in [0.15, 0.2) is 0 Å². The van der Waals surface area contributed by atoms with Crippen molar-refractivity contribution in [1.29, 1.82) is 0 Å². The Balaban J connectivity index is 1.71. The SMILES string of the molecule is O=C(c1cccc(-c2cccc3[nH]ncc23)c1)N1CCCCC1. The summed E-state index contributed by atoms with van der Waals surface area (Å²) in [6, 6.07) is 14.0. The molecular formula is C19H19N3O. The number of H-pyrrole nitrogens is 1. The van der Waals surface area contributed by atoms with Crippen molar-refractivity contribution in [2.45, 2.75) is 19.3 Å². The first-order valence-electron chi connectivity index (χ1n) is 8.15. The first-order chi connectivity index (χ1) is 11.3. The number of likely N-dealkylation sites (tertiary alicyclic amines) is 1. The minimum Gasteiger partial charge on any atom is -0.339 e. The molecule has 116 valence electrons. The lowest BCUT2D eigenvalue weighted by atomic mass is 9.99. The second-order valence-electron chi connectivity index (χ2n) is 6.07. The minimum atomic E-state index is 0.144. The summed E-state index contributed by atoms with van der Waals surface area (Å²) in [7, 11) is 0. The van der Waals surface area contributed by atoms with Gasteiger partial charge in [-0.1, -0.05) is 24.3 Å². The fourth-order valence-electron chi connectivity index (χ4n) is 3.32. The first-order valence-corrected chi connectivity index (χ1v) is 8.15. The molecule has 0 unspecified atom stereocenters. The van der Waals surface area contributed by atoms with Crippen molar-refractivity contribution < 1.29 is 4.79 Å². The molecule has 4 rings (SSSR count). The zero-order valence-corrected chi connectivity index (χ0v) is 13.0. The summed E-state index contributed by atoms with van der Waals surface area (Å²) in [5.74, 6) is 0.144. The van der Waals surface area contributed by atoms with Gasteiger partial charge in [-0.3, -0.25) is 9.89 Å². The molecule has 4 heteroatoms. The van der Waals surface area contributed by atoms with Crippen LogP contribution in [0.1, 0.15) is 29.6 Å². The van der Waals surface area contributed by atoms with Crippen LogP contribution in [0, 0.1) is 0 Å². The summed E-state index contributed by atoms with van der Waals surface area (Å²) in [6.45, 7) is 1.75. The van der Waals surface area contributed by atoms with Gasteiger partial charge < -0.3 is 4.90 Å². The number of hydrogen-bond acceptors (Lipinski definition) is 2. The van der Waals surface area contributed by atoms with Crippen LogP contribution in [0.3, 0.4) is 0 Å². The van der Waals surface area contributed by atoms with Crippen LogP contribution >= 0.6 is 0 Å². The summed E-state index contributed by atoms with van der Waals surface area (Å²) in [4.78, 5) is 14.7. The number of aromatic nitrogens is 2. The third kappa shape index (κ3) is 2.61. The van der Waals surface area contributed by atoms with E-state index in [0.29, 0.717) is 0 Å². The molecule has 1 amide bonds. The average molecular weight is 305 g/mol. The van der Waals surface area contributed by atoms with E-state index in [1.54, 1.807) is 0 Å². The van der Waals surface area contributed by atoms with Crippen molar-refractivity contribution >= 4 is 16.8 Å². The molecule has 1 N–H and O–H groups in total. The molecular weight excluding hydrogens is 286 g/mol. The maximum absolute atomic E-state index is 12.7. The van der Waals surface area contributed by atoms with Gasteiger partial charge in [-0.15, -0.1) is 0 Å². The molecule has 1 fully saturated rings.